The third-order valence-electron chi connectivity index (χ3n) is 15.9. The molecule has 0 fully saturated rings. The molecule has 78 heavy (non-hydrogen) atoms. The fourth-order valence-corrected chi connectivity index (χ4v) is 12.1. The number of carbonyl (C=O) groups is 1. The first-order valence-electron chi connectivity index (χ1n) is 32.1. The Bertz CT molecular complexity index is 2010. The number of amides is 1. The standard InChI is InChI=1S/C62H115N10O5P/c1-4-7-10-12-14-16-18-20-22-24-26-28-30-32-42-62(78(75,76)77,43-33-31-29-27-25-23-21-19-17-15-13-11-8-5-2)44-52-66-48-36-47-64-45-34-35-46-65-49-37-51-67-59(73)55-40-38-54(39-41-55)53-72-58-56(69-61(72)74)57(63)70-60(71-58)68-50-9-6-3/h38-41,64-66H,4-37,42-53H2,1-3H3,(H,67,73)(H,69,74)(H2,75,76,77)(H3,63,68,70,71). The van der Waals surface area contributed by atoms with Crippen LogP contribution in [-0.4, -0.2) is 92.7 Å². The van der Waals surface area contributed by atoms with E-state index in [2.05, 4.69) is 62.3 Å². The number of nitrogens with zero attached hydrogens (tertiary/aromatic N) is 3. The molecule has 0 aliphatic heterocycles. The fraction of sp³-hybridized carbons (Fsp3) is 0.806. The maximum atomic E-state index is 13.4. The predicted molar refractivity (Wildman–Crippen MR) is 330 cm³/mol. The Morgan fingerprint density at radius 2 is 0.962 bits per heavy atom. The van der Waals surface area contributed by atoms with Crippen molar-refractivity contribution in [1.82, 2.24) is 40.8 Å². The summed E-state index contributed by atoms with van der Waals surface area (Å²) in [6.07, 6.45) is 43.6. The van der Waals surface area contributed by atoms with E-state index in [4.69, 9.17) is 5.73 Å². The highest BCUT2D eigenvalue weighted by atomic mass is 31.2. The summed E-state index contributed by atoms with van der Waals surface area (Å²) in [5.41, 5.74) is 8.08. The van der Waals surface area contributed by atoms with Gasteiger partial charge in [0, 0.05) is 18.7 Å². The summed E-state index contributed by atoms with van der Waals surface area (Å²) in [5, 5.41) is 15.9. The first-order valence-corrected chi connectivity index (χ1v) is 33.7. The Kier molecular flexibility index (Phi) is 39.2. The van der Waals surface area contributed by atoms with Crippen molar-refractivity contribution in [3.63, 3.8) is 0 Å². The van der Waals surface area contributed by atoms with Gasteiger partial charge in [0.25, 0.3) is 5.91 Å². The number of benzene rings is 1. The number of hydrogen-bond donors (Lipinski definition) is 9. The quantitative estimate of drug-likeness (QED) is 0.0190. The summed E-state index contributed by atoms with van der Waals surface area (Å²) in [5.74, 6) is 0.478. The SMILES string of the molecule is CCCCCCCCCCCCCCCCC(CCCCCCCCCCCCCCCC)(CCNCCCNCCCCNCCCNC(=O)c1ccc(Cn2c(=O)[nH]c3c(N)nc(NCCCC)nc32)cc1)P(=O)(O)O. The van der Waals surface area contributed by atoms with E-state index in [0.717, 1.165) is 102 Å². The van der Waals surface area contributed by atoms with Crippen molar-refractivity contribution in [1.29, 1.82) is 0 Å². The number of nitrogen functional groups attached to an aromatic ring is 1. The molecule has 1 aromatic carbocycles. The van der Waals surface area contributed by atoms with Crippen LogP contribution in [0.1, 0.15) is 274 Å². The Labute approximate surface area is 473 Å². The van der Waals surface area contributed by atoms with Gasteiger partial charge < -0.3 is 47.1 Å². The third kappa shape index (κ3) is 30.5. The van der Waals surface area contributed by atoms with Crippen molar-refractivity contribution >= 4 is 36.4 Å². The second-order valence-corrected chi connectivity index (χ2v) is 24.8. The molecule has 10 N–H and O–H groups in total. The van der Waals surface area contributed by atoms with Crippen LogP contribution in [0.2, 0.25) is 0 Å². The number of hydrogen-bond acceptors (Lipinski definition) is 10. The minimum atomic E-state index is -4.29. The molecule has 1 amide bonds. The second kappa shape index (κ2) is 44.3. The molecule has 3 aromatic rings. The van der Waals surface area contributed by atoms with Crippen molar-refractivity contribution in [2.45, 2.75) is 270 Å². The number of H-pyrrole nitrogens is 1. The van der Waals surface area contributed by atoms with Crippen molar-refractivity contribution in [2.24, 2.45) is 0 Å². The molecular weight excluding hydrogens is 996 g/mol. The lowest BCUT2D eigenvalue weighted by Crippen LogP contribution is -2.34. The molecule has 0 aliphatic carbocycles. The monoisotopic (exact) mass is 1110 g/mol. The van der Waals surface area contributed by atoms with Crippen LogP contribution in [0, 0.1) is 0 Å². The summed E-state index contributed by atoms with van der Waals surface area (Å²) in [7, 11) is -4.29. The van der Waals surface area contributed by atoms with Gasteiger partial charge in [-0.15, -0.1) is 0 Å². The lowest BCUT2D eigenvalue weighted by atomic mass is 9.90. The molecule has 15 nitrogen and oxygen atoms in total. The van der Waals surface area contributed by atoms with Crippen molar-refractivity contribution < 1.29 is 19.1 Å². The van der Waals surface area contributed by atoms with Gasteiger partial charge in [-0.25, -0.2) is 4.79 Å². The van der Waals surface area contributed by atoms with Crippen LogP contribution in [0.3, 0.4) is 0 Å². The van der Waals surface area contributed by atoms with Crippen LogP contribution < -0.4 is 38.0 Å². The van der Waals surface area contributed by atoms with E-state index in [1.54, 1.807) is 12.1 Å². The molecule has 0 atom stereocenters. The number of anilines is 2. The highest BCUT2D eigenvalue weighted by Gasteiger charge is 2.45. The topological polar surface area (TPSA) is 224 Å². The highest BCUT2D eigenvalue weighted by Crippen LogP contribution is 2.58. The molecule has 0 saturated carbocycles. The zero-order valence-corrected chi connectivity index (χ0v) is 50.7. The summed E-state index contributed by atoms with van der Waals surface area (Å²) in [4.78, 5) is 59.2. The maximum Gasteiger partial charge on any atom is 0.331 e. The van der Waals surface area contributed by atoms with E-state index < -0.39 is 12.8 Å². The normalized spacial score (nSPS) is 12.1. The molecular formula is C62H115N10O5P. The number of unbranched alkanes of at least 4 members (excludes halogenated alkanes) is 28. The Morgan fingerprint density at radius 1 is 0.538 bits per heavy atom. The van der Waals surface area contributed by atoms with Crippen LogP contribution >= 0.6 is 7.60 Å². The van der Waals surface area contributed by atoms with Gasteiger partial charge in [0.15, 0.2) is 11.5 Å². The maximum absolute atomic E-state index is 13.4. The van der Waals surface area contributed by atoms with Gasteiger partial charge >= 0.3 is 13.3 Å². The number of rotatable bonds is 54. The number of carbonyl (C=O) groups excluding carboxylic acids is 1. The van der Waals surface area contributed by atoms with E-state index >= 15 is 0 Å². The first kappa shape index (κ1) is 68.9. The number of nitrogens with one attached hydrogen (secondary N) is 6. The first-order chi connectivity index (χ1) is 38.0. The van der Waals surface area contributed by atoms with Crippen LogP contribution in [0.5, 0.6) is 0 Å². The molecule has 0 aliphatic rings. The Balaban J connectivity index is 1.26. The van der Waals surface area contributed by atoms with Gasteiger partial charge in [0.05, 0.1) is 11.7 Å². The molecule has 16 heteroatoms. The van der Waals surface area contributed by atoms with Crippen LogP contribution in [-0.2, 0) is 11.1 Å². The van der Waals surface area contributed by atoms with E-state index in [-0.39, 0.29) is 24.0 Å². The van der Waals surface area contributed by atoms with Gasteiger partial charge in [-0.3, -0.25) is 13.9 Å². The van der Waals surface area contributed by atoms with Crippen molar-refractivity contribution in [2.75, 3.05) is 63.4 Å². The molecule has 0 unspecified atom stereocenters. The van der Waals surface area contributed by atoms with Crippen LogP contribution in [0.4, 0.5) is 11.8 Å². The van der Waals surface area contributed by atoms with E-state index in [0.29, 0.717) is 61.6 Å². The molecule has 0 radical (unpaired) electrons. The number of nitrogens with two attached hydrogens (primary N) is 1. The molecule has 3 rings (SSSR count). The molecule has 2 aromatic heterocycles. The Morgan fingerprint density at radius 3 is 1.42 bits per heavy atom. The zero-order valence-electron chi connectivity index (χ0n) is 49.8. The molecule has 0 saturated heterocycles. The van der Waals surface area contributed by atoms with Crippen LogP contribution in [0.15, 0.2) is 29.1 Å². The number of aromatic amines is 1. The average Bonchev–Trinajstić information content (AvgIpc) is 3.87. The van der Waals surface area contributed by atoms with Crippen LogP contribution in [0.25, 0.3) is 11.2 Å². The summed E-state index contributed by atoms with van der Waals surface area (Å²) >= 11 is 0. The smallest absolute Gasteiger partial charge is 0.331 e. The number of fused-ring (bicyclic) bond motifs is 1. The lowest BCUT2D eigenvalue weighted by molar-refractivity contribution is 0.0953. The van der Waals surface area contributed by atoms with E-state index in [9.17, 15) is 23.9 Å². The van der Waals surface area contributed by atoms with Crippen molar-refractivity contribution in [3.05, 3.63) is 45.9 Å². The molecule has 0 bridgehead atoms. The summed E-state index contributed by atoms with van der Waals surface area (Å²) in [6.45, 7) is 13.3. The summed E-state index contributed by atoms with van der Waals surface area (Å²) < 4.78 is 14.9. The fourth-order valence-electron chi connectivity index (χ4n) is 10.8. The number of imidazole rings is 1. The largest absolute Gasteiger partial charge is 0.382 e. The average molecular weight is 1110 g/mol. The third-order valence-corrected chi connectivity index (χ3v) is 17.8. The number of aromatic nitrogens is 4. The molecule has 2 heterocycles. The lowest BCUT2D eigenvalue weighted by Gasteiger charge is -2.35. The molecule has 0 spiro atoms. The predicted octanol–water partition coefficient (Wildman–Crippen LogP) is 14.1. The van der Waals surface area contributed by atoms with Gasteiger partial charge in [0.1, 0.15) is 5.52 Å². The van der Waals surface area contributed by atoms with Gasteiger partial charge in [0.2, 0.25) is 5.95 Å². The minimum absolute atomic E-state index is 0.129. The van der Waals surface area contributed by atoms with Gasteiger partial charge in [-0.2, -0.15) is 9.97 Å². The van der Waals surface area contributed by atoms with E-state index in [1.165, 1.54) is 159 Å². The van der Waals surface area contributed by atoms with E-state index in [1.807, 2.05) is 12.1 Å². The van der Waals surface area contributed by atoms with Crippen molar-refractivity contribution in [3.8, 4) is 0 Å². The van der Waals surface area contributed by atoms with Gasteiger partial charge in [-0.1, -0.05) is 219 Å². The second-order valence-electron chi connectivity index (χ2n) is 22.8. The van der Waals surface area contributed by atoms with Gasteiger partial charge in [-0.05, 0) is 108 Å². The highest BCUT2D eigenvalue weighted by molar-refractivity contribution is 7.53. The zero-order chi connectivity index (χ0) is 56.2. The summed E-state index contributed by atoms with van der Waals surface area (Å²) in [6, 6.07) is 7.25. The Hall–Kier alpha value is -3.33. The minimum Gasteiger partial charge on any atom is -0.382 e. The molecule has 448 valence electrons.